The van der Waals surface area contributed by atoms with Crippen LogP contribution in [0.25, 0.3) is 33.9 Å². The van der Waals surface area contributed by atoms with Crippen molar-refractivity contribution in [3.05, 3.63) is 65.7 Å². The summed E-state index contributed by atoms with van der Waals surface area (Å²) in [6.45, 7) is 0. The Morgan fingerprint density at radius 2 is 1.26 bits per heavy atom. The molecule has 0 radical (unpaired) electrons. The quantitative estimate of drug-likeness (QED) is 0.113. The van der Waals surface area contributed by atoms with Gasteiger partial charge in [-0.05, 0) is 87.8 Å². The topological polar surface area (TPSA) is 123 Å². The number of amidine groups is 2. The van der Waals surface area contributed by atoms with Gasteiger partial charge in [-0.2, -0.15) is 0 Å². The predicted octanol–water partition coefficient (Wildman–Crippen LogP) is -7.62. The summed E-state index contributed by atoms with van der Waals surface area (Å²) in [6.07, 6.45) is 9.89. The zero-order chi connectivity index (χ0) is 24.5. The van der Waals surface area contributed by atoms with E-state index in [0.717, 1.165) is 56.7 Å². The van der Waals surface area contributed by atoms with E-state index in [0.29, 0.717) is 12.1 Å². The molecule has 2 aromatic carbocycles. The van der Waals surface area contributed by atoms with Gasteiger partial charge in [-0.25, -0.2) is 9.97 Å². The monoisotopic (exact) mass is 588 g/mol. The van der Waals surface area contributed by atoms with Crippen LogP contribution in [0.3, 0.4) is 0 Å². The van der Waals surface area contributed by atoms with Crippen LogP contribution in [0.1, 0.15) is 62.5 Å². The molecule has 2 aliphatic rings. The standard InChI is InChI=1S/C29H32N6O.3ClH/c30-27(32-21-5-1-2-6-21)19-11-9-18(10-12-19)25-15-16-26(36-25)29-34-23-14-13-20(17-24(23)35-29)28(31)33-22-7-3-4-8-22;;;/h9-17,21-22H,1-8H2,(H2,30,32)(H2,31,33)(H,34,35);3*1H. The molecule has 0 spiro atoms. The molecular weight excluding hydrogens is 555 g/mol. The van der Waals surface area contributed by atoms with Crippen LogP contribution in [-0.4, -0.2) is 28.7 Å². The Bertz CT molecular complexity index is 1430. The second-order valence-corrected chi connectivity index (χ2v) is 10.2. The molecule has 208 valence electrons. The molecule has 6 rings (SSSR count). The summed E-state index contributed by atoms with van der Waals surface area (Å²) in [5.74, 6) is 3.87. The second kappa shape index (κ2) is 13.4. The number of H-pyrrole nitrogens is 2. The zero-order valence-electron chi connectivity index (χ0n) is 21.7. The van der Waals surface area contributed by atoms with Crippen LogP contribution < -0.4 is 63.7 Å². The van der Waals surface area contributed by atoms with Crippen LogP contribution in [0.2, 0.25) is 0 Å². The fourth-order valence-electron chi connectivity index (χ4n) is 5.54. The molecule has 7 nitrogen and oxygen atoms in total. The maximum Gasteiger partial charge on any atom is 0.321 e. The van der Waals surface area contributed by atoms with Crippen LogP contribution >= 0.6 is 0 Å². The largest absolute Gasteiger partial charge is 1.00 e. The van der Waals surface area contributed by atoms with E-state index in [2.05, 4.69) is 44.2 Å². The Morgan fingerprint density at radius 3 is 1.87 bits per heavy atom. The third-order valence-corrected chi connectivity index (χ3v) is 7.61. The first-order valence-corrected chi connectivity index (χ1v) is 13.2. The first-order chi connectivity index (χ1) is 17.6. The van der Waals surface area contributed by atoms with Gasteiger partial charge in [-0.3, -0.25) is 21.5 Å². The van der Waals surface area contributed by atoms with Crippen molar-refractivity contribution in [2.45, 2.75) is 63.5 Å². The van der Waals surface area contributed by atoms with E-state index in [-0.39, 0.29) is 37.2 Å². The third kappa shape index (κ3) is 6.78. The first kappa shape index (κ1) is 30.5. The summed E-state index contributed by atoms with van der Waals surface area (Å²) in [6, 6.07) is 19.3. The Hall–Kier alpha value is -3.00. The number of halogens is 3. The van der Waals surface area contributed by atoms with E-state index in [4.69, 9.17) is 15.9 Å². The number of hydrogen-bond acceptors (Lipinski definition) is 1. The van der Waals surface area contributed by atoms with E-state index >= 15 is 0 Å². The van der Waals surface area contributed by atoms with E-state index in [1.165, 1.54) is 51.4 Å². The Kier molecular flexibility index (Phi) is 10.5. The van der Waals surface area contributed by atoms with Crippen LogP contribution in [0.4, 0.5) is 0 Å². The van der Waals surface area contributed by atoms with Crippen molar-refractivity contribution in [2.24, 2.45) is 11.5 Å². The highest BCUT2D eigenvalue weighted by atomic mass is 35.5. The molecule has 2 aromatic heterocycles. The zero-order valence-corrected chi connectivity index (χ0v) is 24.0. The highest BCUT2D eigenvalue weighted by molar-refractivity contribution is 5.96. The van der Waals surface area contributed by atoms with Crippen molar-refractivity contribution in [3.8, 4) is 22.9 Å². The molecule has 2 aliphatic carbocycles. The lowest BCUT2D eigenvalue weighted by molar-refractivity contribution is -0.501. The van der Waals surface area contributed by atoms with Crippen molar-refractivity contribution in [2.75, 3.05) is 0 Å². The van der Waals surface area contributed by atoms with Gasteiger partial charge >= 0.3 is 5.82 Å². The Labute approximate surface area is 247 Å². The molecule has 0 unspecified atom stereocenters. The van der Waals surface area contributed by atoms with Crippen LogP contribution in [-0.2, 0) is 0 Å². The van der Waals surface area contributed by atoms with Gasteiger partial charge in [-0.1, -0.05) is 12.1 Å². The third-order valence-electron chi connectivity index (χ3n) is 7.61. The molecule has 2 saturated carbocycles. The van der Waals surface area contributed by atoms with Gasteiger partial charge < -0.3 is 41.6 Å². The lowest BCUT2D eigenvalue weighted by Gasteiger charge is -2.02. The maximum atomic E-state index is 6.37. The predicted molar refractivity (Wildman–Crippen MR) is 141 cm³/mol. The molecule has 4 aromatic rings. The van der Waals surface area contributed by atoms with Crippen molar-refractivity contribution in [3.63, 3.8) is 0 Å². The number of nitrogen functional groups attached to an aromatic ring is 2. The average molecular weight is 590 g/mol. The van der Waals surface area contributed by atoms with Gasteiger partial charge in [0.25, 0.3) is 11.7 Å². The van der Waals surface area contributed by atoms with Gasteiger partial charge in [0.15, 0.2) is 11.0 Å². The highest BCUT2D eigenvalue weighted by Gasteiger charge is 2.21. The number of rotatable bonds is 6. The highest BCUT2D eigenvalue weighted by Crippen LogP contribution is 2.27. The summed E-state index contributed by atoms with van der Waals surface area (Å²) < 4.78 is 6.20. The smallest absolute Gasteiger partial charge is 0.321 e. The minimum absolute atomic E-state index is 0. The van der Waals surface area contributed by atoms with E-state index in [1.54, 1.807) is 0 Å². The number of furan rings is 1. The van der Waals surface area contributed by atoms with Crippen molar-refractivity contribution in [1.29, 1.82) is 0 Å². The summed E-state index contributed by atoms with van der Waals surface area (Å²) in [5.41, 5.74) is 17.7. The number of fused-ring (bicyclic) bond motifs is 1. The van der Waals surface area contributed by atoms with Crippen molar-refractivity contribution < 1.29 is 56.6 Å². The van der Waals surface area contributed by atoms with Crippen LogP contribution in [0, 0.1) is 0 Å². The van der Waals surface area contributed by atoms with Crippen molar-refractivity contribution >= 4 is 22.7 Å². The van der Waals surface area contributed by atoms with Gasteiger partial charge in [0.2, 0.25) is 5.76 Å². The van der Waals surface area contributed by atoms with Crippen LogP contribution in [0.5, 0.6) is 0 Å². The summed E-state index contributed by atoms with van der Waals surface area (Å²) >= 11 is 0. The molecule has 0 bridgehead atoms. The normalized spacial score (nSPS) is 16.6. The number of imidazole rings is 1. The summed E-state index contributed by atoms with van der Waals surface area (Å²) in [5, 5.41) is 0. The number of nitrogens with two attached hydrogens (primary N) is 2. The van der Waals surface area contributed by atoms with Gasteiger partial charge in [-0.15, -0.1) is 0 Å². The molecule has 0 aliphatic heterocycles. The number of nitrogens with one attached hydrogen (secondary N) is 4. The minimum atomic E-state index is 0. The molecule has 10 heteroatoms. The minimum Gasteiger partial charge on any atom is -1.00 e. The Balaban J connectivity index is 0.00000140. The number of hydrogen-bond donors (Lipinski definition) is 5. The first-order valence-electron chi connectivity index (χ1n) is 13.2. The second-order valence-electron chi connectivity index (χ2n) is 10.2. The summed E-state index contributed by atoms with van der Waals surface area (Å²) in [4.78, 5) is 13.8. The molecule has 0 amide bonds. The molecule has 0 atom stereocenters. The molecule has 39 heavy (non-hydrogen) atoms. The maximum absolute atomic E-state index is 6.37. The fraction of sp³-hybridized carbons (Fsp3) is 0.345. The van der Waals surface area contributed by atoms with Gasteiger partial charge in [0, 0.05) is 11.6 Å². The Morgan fingerprint density at radius 1 is 0.718 bits per heavy atom. The fourth-order valence-corrected chi connectivity index (χ4v) is 5.54. The van der Waals surface area contributed by atoms with Gasteiger partial charge in [0.1, 0.15) is 5.76 Å². The van der Waals surface area contributed by atoms with Crippen molar-refractivity contribution in [1.82, 2.24) is 4.98 Å². The molecule has 2 heterocycles. The lowest BCUT2D eigenvalue weighted by atomic mass is 10.1. The van der Waals surface area contributed by atoms with Gasteiger partial charge in [0.05, 0.1) is 23.2 Å². The van der Waals surface area contributed by atoms with E-state index in [9.17, 15) is 0 Å². The summed E-state index contributed by atoms with van der Waals surface area (Å²) in [7, 11) is 0. The number of aromatic amines is 2. The lowest BCUT2D eigenvalue weighted by Crippen LogP contribution is -3.00. The average Bonchev–Trinajstić information content (AvgIpc) is 3.71. The SMILES string of the molecule is NC(=[NH+]C1CCCC1)c1ccc(-c2ccc(-c3[nH]c4cc(C(N)=[NH+]C5CCCC5)ccc4[nH+]3)o2)cc1.[Cl-].[Cl-].[Cl-]. The van der Waals surface area contributed by atoms with Crippen LogP contribution in [0.15, 0.2) is 59.0 Å². The number of benzene rings is 2. The van der Waals surface area contributed by atoms with E-state index < -0.39 is 0 Å². The van der Waals surface area contributed by atoms with E-state index in [1.807, 2.05) is 30.3 Å². The molecule has 8 N–H and O–H groups in total. The molecular formula is C29H35Cl3N6O. The molecule has 0 saturated heterocycles. The molecule has 2 fully saturated rings. The number of aromatic nitrogens is 2.